The molecule has 5 nitrogen and oxygen atoms in total. The third kappa shape index (κ3) is 3.77. The van der Waals surface area contributed by atoms with E-state index < -0.39 is 35.6 Å². The normalized spacial score (nSPS) is 22.4. The number of carbonyl (C=O) groups is 2. The molecule has 5 heteroatoms. The molecular weight excluding hydrogens is 380 g/mol. The van der Waals surface area contributed by atoms with Crippen molar-refractivity contribution in [2.24, 2.45) is 11.8 Å². The van der Waals surface area contributed by atoms with Crippen LogP contribution >= 0.6 is 0 Å². The van der Waals surface area contributed by atoms with Gasteiger partial charge in [0.05, 0.1) is 11.7 Å². The summed E-state index contributed by atoms with van der Waals surface area (Å²) in [6.07, 6.45) is 0.0854. The Labute approximate surface area is 176 Å². The molecule has 0 saturated heterocycles. The molecule has 30 heavy (non-hydrogen) atoms. The van der Waals surface area contributed by atoms with E-state index >= 15 is 0 Å². The lowest BCUT2D eigenvalue weighted by Crippen LogP contribution is -2.43. The van der Waals surface area contributed by atoms with Crippen LogP contribution in [0.2, 0.25) is 0 Å². The molecule has 1 aliphatic carbocycles. The second kappa shape index (κ2) is 8.44. The van der Waals surface area contributed by atoms with Gasteiger partial charge in [0.2, 0.25) is 5.78 Å². The second-order valence-corrected chi connectivity index (χ2v) is 8.11. The molecule has 1 heterocycles. The quantitative estimate of drug-likeness (QED) is 0.672. The van der Waals surface area contributed by atoms with Crippen molar-refractivity contribution >= 4 is 11.8 Å². The number of hydrogen-bond acceptors (Lipinski definition) is 5. The number of aliphatic hydroxyl groups excluding tert-OH is 2. The van der Waals surface area contributed by atoms with Gasteiger partial charge >= 0.3 is 5.97 Å². The second-order valence-electron chi connectivity index (χ2n) is 8.11. The number of carbonyl (C=O) groups excluding carboxylic acids is 2. The Morgan fingerprint density at radius 1 is 0.967 bits per heavy atom. The van der Waals surface area contributed by atoms with Crippen molar-refractivity contribution in [1.82, 2.24) is 0 Å². The molecule has 4 atom stereocenters. The van der Waals surface area contributed by atoms with E-state index in [1.807, 2.05) is 43.3 Å². The molecular formula is C25H26O5. The van der Waals surface area contributed by atoms with E-state index in [4.69, 9.17) is 4.74 Å². The third-order valence-corrected chi connectivity index (χ3v) is 6.17. The highest BCUT2D eigenvalue weighted by atomic mass is 16.6. The summed E-state index contributed by atoms with van der Waals surface area (Å²) in [5.74, 6) is -2.62. The first-order valence-electron chi connectivity index (χ1n) is 10.5. The van der Waals surface area contributed by atoms with Crippen LogP contribution in [0.5, 0.6) is 0 Å². The Hall–Kier alpha value is -2.92. The van der Waals surface area contributed by atoms with Gasteiger partial charge in [-0.05, 0) is 36.3 Å². The van der Waals surface area contributed by atoms with Gasteiger partial charge < -0.3 is 14.9 Å². The summed E-state index contributed by atoms with van der Waals surface area (Å²) in [7, 11) is 0. The molecule has 4 rings (SSSR count). The molecule has 2 aliphatic rings. The van der Waals surface area contributed by atoms with Crippen LogP contribution in [0.3, 0.4) is 0 Å². The lowest BCUT2D eigenvalue weighted by Gasteiger charge is -2.33. The number of esters is 1. The molecule has 1 fully saturated rings. The molecule has 0 spiro atoms. The van der Waals surface area contributed by atoms with Crippen molar-refractivity contribution in [3.05, 3.63) is 83.1 Å². The van der Waals surface area contributed by atoms with Gasteiger partial charge in [-0.2, -0.15) is 0 Å². The Kier molecular flexibility index (Phi) is 5.73. The summed E-state index contributed by atoms with van der Waals surface area (Å²) in [6, 6.07) is 18.4. The largest absolute Gasteiger partial charge is 0.504 e. The number of cyclic esters (lactones) is 1. The molecule has 1 saturated carbocycles. The number of benzene rings is 2. The molecule has 1 unspecified atom stereocenters. The Morgan fingerprint density at radius 2 is 1.53 bits per heavy atom. The van der Waals surface area contributed by atoms with Gasteiger partial charge in [0.25, 0.3) is 0 Å². The fraction of sp³-hybridized carbons (Fsp3) is 0.360. The molecule has 156 valence electrons. The summed E-state index contributed by atoms with van der Waals surface area (Å²) in [6.45, 7) is 1.82. The highest BCUT2D eigenvalue weighted by molar-refractivity contribution is 6.09. The fourth-order valence-corrected chi connectivity index (χ4v) is 4.42. The maximum absolute atomic E-state index is 13.1. The molecule has 0 bridgehead atoms. The van der Waals surface area contributed by atoms with Gasteiger partial charge in [-0.3, -0.25) is 4.79 Å². The third-order valence-electron chi connectivity index (χ3n) is 6.17. The minimum absolute atomic E-state index is 0.0500. The van der Waals surface area contributed by atoms with E-state index in [-0.39, 0.29) is 17.4 Å². The summed E-state index contributed by atoms with van der Waals surface area (Å²) < 4.78 is 5.59. The van der Waals surface area contributed by atoms with E-state index in [1.165, 1.54) is 0 Å². The average Bonchev–Trinajstić information content (AvgIpc) is 3.61. The van der Waals surface area contributed by atoms with Gasteiger partial charge in [-0.25, -0.2) is 4.79 Å². The van der Waals surface area contributed by atoms with Crippen LogP contribution in [0.1, 0.15) is 49.3 Å². The smallest absolute Gasteiger partial charge is 0.339 e. The van der Waals surface area contributed by atoms with Crippen molar-refractivity contribution in [2.45, 2.75) is 44.3 Å². The number of hydrogen-bond donors (Lipinski definition) is 2. The molecule has 1 aliphatic heterocycles. The lowest BCUT2D eigenvalue weighted by atomic mass is 9.80. The standard InChI is InChI=1S/C25H26O5/c1-2-18(21(26)17-11-7-4-8-12-17)24-23(28)22(27)20(25(29)30-24)19(16-13-14-16)15-9-5-3-6-10-15/h3-12,16,18-19,21,24,26-27H,2,13-14H2,1H3/t18-,19+,21+,24?/m0/s1. The molecule has 0 aromatic heterocycles. The van der Waals surface area contributed by atoms with Crippen molar-refractivity contribution in [3.8, 4) is 0 Å². The number of ether oxygens (including phenoxy) is 1. The maximum atomic E-state index is 13.1. The van der Waals surface area contributed by atoms with E-state index in [1.54, 1.807) is 24.3 Å². The van der Waals surface area contributed by atoms with Crippen LogP contribution in [0.15, 0.2) is 72.0 Å². The van der Waals surface area contributed by atoms with Gasteiger partial charge in [0.1, 0.15) is 0 Å². The molecule has 0 amide bonds. The molecule has 0 radical (unpaired) electrons. The van der Waals surface area contributed by atoms with E-state index in [0.717, 1.165) is 18.4 Å². The predicted molar refractivity (Wildman–Crippen MR) is 112 cm³/mol. The first-order chi connectivity index (χ1) is 14.5. The summed E-state index contributed by atoms with van der Waals surface area (Å²) >= 11 is 0. The summed E-state index contributed by atoms with van der Waals surface area (Å²) in [5, 5.41) is 21.7. The maximum Gasteiger partial charge on any atom is 0.339 e. The fourth-order valence-electron chi connectivity index (χ4n) is 4.42. The highest BCUT2D eigenvalue weighted by Crippen LogP contribution is 2.49. The van der Waals surface area contributed by atoms with Crippen molar-refractivity contribution in [1.29, 1.82) is 0 Å². The highest BCUT2D eigenvalue weighted by Gasteiger charge is 2.48. The van der Waals surface area contributed by atoms with E-state index in [2.05, 4.69) is 0 Å². The summed E-state index contributed by atoms with van der Waals surface area (Å²) in [4.78, 5) is 26.1. The Morgan fingerprint density at radius 3 is 2.07 bits per heavy atom. The number of ketones is 1. The average molecular weight is 406 g/mol. The minimum Gasteiger partial charge on any atom is -0.504 e. The van der Waals surface area contributed by atoms with Crippen LogP contribution < -0.4 is 0 Å². The van der Waals surface area contributed by atoms with Gasteiger partial charge in [0, 0.05) is 11.8 Å². The first kappa shape index (κ1) is 20.4. The van der Waals surface area contributed by atoms with E-state index in [9.17, 15) is 19.8 Å². The van der Waals surface area contributed by atoms with Crippen LogP contribution in [-0.4, -0.2) is 28.1 Å². The zero-order chi connectivity index (χ0) is 21.3. The predicted octanol–water partition coefficient (Wildman–Crippen LogP) is 4.25. The van der Waals surface area contributed by atoms with Crippen LogP contribution in [0.4, 0.5) is 0 Å². The minimum atomic E-state index is -1.21. The van der Waals surface area contributed by atoms with Gasteiger partial charge in [0.15, 0.2) is 11.9 Å². The van der Waals surface area contributed by atoms with Crippen molar-refractivity contribution < 1.29 is 24.5 Å². The van der Waals surface area contributed by atoms with E-state index in [0.29, 0.717) is 12.0 Å². The SMILES string of the molecule is CC[C@H](C1OC(=O)C([C@H](c2ccccc2)C2CC2)=C(O)C1=O)[C@H](O)c1ccccc1. The van der Waals surface area contributed by atoms with Crippen LogP contribution in [-0.2, 0) is 14.3 Å². The molecule has 2 aromatic rings. The lowest BCUT2D eigenvalue weighted by molar-refractivity contribution is -0.161. The topological polar surface area (TPSA) is 83.8 Å². The Balaban J connectivity index is 1.67. The van der Waals surface area contributed by atoms with Crippen molar-refractivity contribution in [3.63, 3.8) is 0 Å². The zero-order valence-electron chi connectivity index (χ0n) is 16.9. The Bertz CT molecular complexity index is 946. The first-order valence-corrected chi connectivity index (χ1v) is 10.5. The number of aliphatic hydroxyl groups is 2. The summed E-state index contributed by atoms with van der Waals surface area (Å²) in [5.41, 5.74) is 1.58. The van der Waals surface area contributed by atoms with Crippen LogP contribution in [0.25, 0.3) is 0 Å². The molecule has 2 aromatic carbocycles. The zero-order valence-corrected chi connectivity index (χ0v) is 16.9. The van der Waals surface area contributed by atoms with Gasteiger partial charge in [-0.15, -0.1) is 0 Å². The van der Waals surface area contributed by atoms with Crippen LogP contribution in [0, 0.1) is 11.8 Å². The molecule has 2 N–H and O–H groups in total. The number of rotatable bonds is 7. The van der Waals surface area contributed by atoms with Crippen molar-refractivity contribution in [2.75, 3.05) is 0 Å². The van der Waals surface area contributed by atoms with Gasteiger partial charge in [-0.1, -0.05) is 67.6 Å². The number of Topliss-reactive ketones (excluding diaryl/α,β-unsaturated/α-hetero) is 1. The monoisotopic (exact) mass is 406 g/mol.